The van der Waals surface area contributed by atoms with Crippen molar-refractivity contribution in [2.24, 2.45) is 11.1 Å². The van der Waals surface area contributed by atoms with Crippen molar-refractivity contribution in [1.29, 1.82) is 0 Å². The molecule has 1 fully saturated rings. The molecule has 2 rings (SSSR count). The van der Waals surface area contributed by atoms with Gasteiger partial charge in [-0.05, 0) is 43.1 Å². The third kappa shape index (κ3) is 3.37. The second kappa shape index (κ2) is 5.07. The second-order valence-corrected chi connectivity index (χ2v) is 6.71. The highest BCUT2D eigenvalue weighted by atomic mass is 79.9. The monoisotopic (exact) mass is 318 g/mol. The number of hydrogen-bond acceptors (Lipinski definition) is 4. The Kier molecular flexibility index (Phi) is 3.84. The summed E-state index contributed by atoms with van der Waals surface area (Å²) in [5.41, 5.74) is -0.439. The van der Waals surface area contributed by atoms with Gasteiger partial charge in [0.1, 0.15) is 16.3 Å². The SMILES string of the molecule is CC(C)(C)OC(=O)N1CC[C@@H]([C@H]2CC(Br)=NO2)C1. The van der Waals surface area contributed by atoms with Crippen molar-refractivity contribution in [3.05, 3.63) is 0 Å². The van der Waals surface area contributed by atoms with Crippen molar-refractivity contribution in [3.8, 4) is 0 Å². The summed E-state index contributed by atoms with van der Waals surface area (Å²) in [6.45, 7) is 7.06. The quantitative estimate of drug-likeness (QED) is 0.747. The summed E-state index contributed by atoms with van der Waals surface area (Å²) in [4.78, 5) is 19.0. The molecule has 2 heterocycles. The zero-order valence-electron chi connectivity index (χ0n) is 11.0. The minimum Gasteiger partial charge on any atom is -0.444 e. The van der Waals surface area contributed by atoms with Gasteiger partial charge in [0.2, 0.25) is 0 Å². The van der Waals surface area contributed by atoms with Gasteiger partial charge in [-0.3, -0.25) is 0 Å². The number of nitrogens with zero attached hydrogens (tertiary/aromatic N) is 2. The van der Waals surface area contributed by atoms with Gasteiger partial charge < -0.3 is 14.5 Å². The van der Waals surface area contributed by atoms with Crippen molar-refractivity contribution < 1.29 is 14.4 Å². The maximum atomic E-state index is 11.9. The lowest BCUT2D eigenvalue weighted by Gasteiger charge is -2.24. The Morgan fingerprint density at radius 3 is 2.83 bits per heavy atom. The molecular weight excluding hydrogens is 300 g/mol. The van der Waals surface area contributed by atoms with E-state index in [1.807, 2.05) is 20.8 Å². The van der Waals surface area contributed by atoms with Crippen molar-refractivity contribution >= 4 is 26.6 Å². The number of amides is 1. The molecule has 2 atom stereocenters. The maximum absolute atomic E-state index is 11.9. The van der Waals surface area contributed by atoms with Crippen LogP contribution in [0.4, 0.5) is 4.79 Å². The van der Waals surface area contributed by atoms with Crippen molar-refractivity contribution in [1.82, 2.24) is 4.90 Å². The Morgan fingerprint density at radius 2 is 2.28 bits per heavy atom. The molecule has 0 N–H and O–H groups in total. The average molecular weight is 319 g/mol. The van der Waals surface area contributed by atoms with E-state index in [2.05, 4.69) is 21.1 Å². The van der Waals surface area contributed by atoms with Crippen molar-refractivity contribution in [2.75, 3.05) is 13.1 Å². The van der Waals surface area contributed by atoms with Gasteiger partial charge in [0.05, 0.1) is 0 Å². The van der Waals surface area contributed by atoms with E-state index in [1.54, 1.807) is 4.90 Å². The van der Waals surface area contributed by atoms with Crippen molar-refractivity contribution in [2.45, 2.75) is 45.3 Å². The Bertz CT molecular complexity index is 365. The topological polar surface area (TPSA) is 51.1 Å². The van der Waals surface area contributed by atoms with Crippen LogP contribution in [-0.2, 0) is 9.57 Å². The van der Waals surface area contributed by atoms with Gasteiger partial charge >= 0.3 is 6.09 Å². The van der Waals surface area contributed by atoms with Crippen LogP contribution in [0.25, 0.3) is 0 Å². The second-order valence-electron chi connectivity index (χ2n) is 5.79. The van der Waals surface area contributed by atoms with Crippen LogP contribution in [0.3, 0.4) is 0 Å². The molecule has 18 heavy (non-hydrogen) atoms. The number of ether oxygens (including phenoxy) is 1. The van der Waals surface area contributed by atoms with Gasteiger partial charge in [0.15, 0.2) is 0 Å². The molecule has 0 aromatic heterocycles. The molecule has 1 amide bonds. The van der Waals surface area contributed by atoms with Gasteiger partial charge in [-0.15, -0.1) is 0 Å². The first-order valence-corrected chi connectivity index (χ1v) is 7.00. The molecule has 2 aliphatic heterocycles. The standard InChI is InChI=1S/C12H19BrN2O3/c1-12(2,3)17-11(16)15-5-4-8(7-15)9-6-10(13)14-18-9/h8-9H,4-7H2,1-3H3/t8-,9-/m1/s1. The van der Waals surface area contributed by atoms with Crippen LogP contribution >= 0.6 is 15.9 Å². The fourth-order valence-electron chi connectivity index (χ4n) is 2.20. The van der Waals surface area contributed by atoms with Gasteiger partial charge in [0.25, 0.3) is 0 Å². The fraction of sp³-hybridized carbons (Fsp3) is 0.833. The third-order valence-electron chi connectivity index (χ3n) is 3.06. The number of oxime groups is 1. The molecule has 1 saturated heterocycles. The first kappa shape index (κ1) is 13.6. The summed E-state index contributed by atoms with van der Waals surface area (Å²) >= 11 is 3.33. The lowest BCUT2D eigenvalue weighted by atomic mass is 10.00. The van der Waals surface area contributed by atoms with E-state index in [0.717, 1.165) is 24.0 Å². The normalized spacial score (nSPS) is 28.0. The summed E-state index contributed by atoms with van der Waals surface area (Å²) in [7, 11) is 0. The van der Waals surface area contributed by atoms with Gasteiger partial charge in [-0.1, -0.05) is 5.16 Å². The maximum Gasteiger partial charge on any atom is 0.410 e. The number of likely N-dealkylation sites (tertiary alicyclic amines) is 1. The fourth-order valence-corrected chi connectivity index (χ4v) is 2.60. The smallest absolute Gasteiger partial charge is 0.410 e. The minimum absolute atomic E-state index is 0.0896. The molecule has 0 aromatic carbocycles. The molecule has 0 radical (unpaired) electrons. The summed E-state index contributed by atoms with van der Waals surface area (Å²) in [5, 5.41) is 3.89. The van der Waals surface area contributed by atoms with Crippen LogP contribution < -0.4 is 0 Å². The van der Waals surface area contributed by atoms with Crippen LogP contribution in [0.2, 0.25) is 0 Å². The lowest BCUT2D eigenvalue weighted by molar-refractivity contribution is 0.0219. The first-order valence-electron chi connectivity index (χ1n) is 6.21. The van der Waals surface area contributed by atoms with Crippen LogP contribution in [0.15, 0.2) is 5.16 Å². The molecule has 0 saturated carbocycles. The third-order valence-corrected chi connectivity index (χ3v) is 3.53. The Labute approximate surface area is 116 Å². The molecule has 102 valence electrons. The molecule has 0 aromatic rings. The zero-order valence-corrected chi connectivity index (χ0v) is 12.6. The lowest BCUT2D eigenvalue weighted by Crippen LogP contribution is -2.36. The number of rotatable bonds is 1. The number of hydrogen-bond donors (Lipinski definition) is 0. The highest BCUT2D eigenvalue weighted by Gasteiger charge is 2.37. The molecule has 0 aliphatic carbocycles. The molecule has 0 spiro atoms. The summed E-state index contributed by atoms with van der Waals surface area (Å²) < 4.78 is 6.21. The number of carbonyl (C=O) groups is 1. The highest BCUT2D eigenvalue weighted by Crippen LogP contribution is 2.29. The average Bonchev–Trinajstić information content (AvgIpc) is 2.82. The Hall–Kier alpha value is -0.780. The minimum atomic E-state index is -0.439. The van der Waals surface area contributed by atoms with Crippen LogP contribution in [0, 0.1) is 5.92 Å². The summed E-state index contributed by atoms with van der Waals surface area (Å²) in [6.07, 6.45) is 1.60. The molecule has 5 nitrogen and oxygen atoms in total. The molecule has 0 bridgehead atoms. The summed E-state index contributed by atoms with van der Waals surface area (Å²) in [5.74, 6) is 0.344. The zero-order chi connectivity index (χ0) is 13.3. The molecule has 2 aliphatic rings. The van der Waals surface area contributed by atoms with Crippen molar-refractivity contribution in [3.63, 3.8) is 0 Å². The van der Waals surface area contributed by atoms with E-state index in [4.69, 9.17) is 9.57 Å². The Balaban J connectivity index is 1.83. The van der Waals surface area contributed by atoms with E-state index >= 15 is 0 Å². The van der Waals surface area contributed by atoms with Crippen LogP contribution in [-0.4, -0.2) is 40.4 Å². The van der Waals surface area contributed by atoms with E-state index in [-0.39, 0.29) is 12.2 Å². The number of carbonyl (C=O) groups excluding carboxylic acids is 1. The first-order chi connectivity index (χ1) is 8.35. The Morgan fingerprint density at radius 1 is 1.56 bits per heavy atom. The molecular formula is C12H19BrN2O3. The predicted octanol–water partition coefficient (Wildman–Crippen LogP) is 2.74. The number of halogens is 1. The molecule has 0 unspecified atom stereocenters. The summed E-state index contributed by atoms with van der Waals surface area (Å²) in [6, 6.07) is 0. The highest BCUT2D eigenvalue weighted by molar-refractivity contribution is 9.18. The van der Waals surface area contributed by atoms with E-state index < -0.39 is 5.60 Å². The van der Waals surface area contributed by atoms with Gasteiger partial charge in [-0.2, -0.15) is 0 Å². The van der Waals surface area contributed by atoms with Crippen LogP contribution in [0.5, 0.6) is 0 Å². The van der Waals surface area contributed by atoms with Crippen LogP contribution in [0.1, 0.15) is 33.6 Å². The van der Waals surface area contributed by atoms with E-state index in [9.17, 15) is 4.79 Å². The van der Waals surface area contributed by atoms with Gasteiger partial charge in [-0.25, -0.2) is 4.79 Å². The molecule has 6 heteroatoms. The largest absolute Gasteiger partial charge is 0.444 e. The van der Waals surface area contributed by atoms with E-state index in [1.165, 1.54) is 0 Å². The van der Waals surface area contributed by atoms with Gasteiger partial charge in [0, 0.05) is 25.4 Å². The van der Waals surface area contributed by atoms with E-state index in [0.29, 0.717) is 12.5 Å². The predicted molar refractivity (Wildman–Crippen MR) is 71.8 cm³/mol.